The summed E-state index contributed by atoms with van der Waals surface area (Å²) in [4.78, 5) is 0. The van der Waals surface area contributed by atoms with Crippen molar-refractivity contribution < 1.29 is 17.6 Å². The van der Waals surface area contributed by atoms with Crippen LogP contribution in [0.1, 0.15) is 29.5 Å². The van der Waals surface area contributed by atoms with Crippen molar-refractivity contribution in [1.29, 1.82) is 0 Å². The lowest BCUT2D eigenvalue weighted by atomic mass is 9.84. The Hall–Kier alpha value is -1.84. The first kappa shape index (κ1) is 14.1. The second-order valence-corrected chi connectivity index (χ2v) is 5.34. The van der Waals surface area contributed by atoms with Crippen LogP contribution in [0.4, 0.5) is 17.6 Å². The maximum absolute atomic E-state index is 13.8. The summed E-state index contributed by atoms with van der Waals surface area (Å²) in [6.07, 6.45) is -1.12. The molecule has 3 rings (SSSR count). The van der Waals surface area contributed by atoms with Crippen molar-refractivity contribution in [3.8, 4) is 11.1 Å². The van der Waals surface area contributed by atoms with Crippen LogP contribution < -0.4 is 0 Å². The third-order valence-corrected chi connectivity index (χ3v) is 3.95. The summed E-state index contributed by atoms with van der Waals surface area (Å²) in [6.45, 7) is 0. The Morgan fingerprint density at radius 3 is 2.33 bits per heavy atom. The molecule has 0 spiro atoms. The number of halogens is 4. The fourth-order valence-corrected chi connectivity index (χ4v) is 3.03. The highest BCUT2D eigenvalue weighted by Crippen LogP contribution is 2.40. The molecule has 0 bridgehead atoms. The first-order valence-electron chi connectivity index (χ1n) is 6.95. The second-order valence-electron chi connectivity index (χ2n) is 5.34. The van der Waals surface area contributed by atoms with Gasteiger partial charge in [0.25, 0.3) is 0 Å². The molecule has 0 amide bonds. The summed E-state index contributed by atoms with van der Waals surface area (Å²) in [6, 6.07) is 8.08. The van der Waals surface area contributed by atoms with E-state index in [1.54, 1.807) is 6.07 Å². The number of benzene rings is 2. The van der Waals surface area contributed by atoms with Gasteiger partial charge in [0.2, 0.25) is 0 Å². The number of alkyl halides is 3. The van der Waals surface area contributed by atoms with Crippen molar-refractivity contribution in [2.75, 3.05) is 0 Å². The van der Waals surface area contributed by atoms with Gasteiger partial charge in [-0.1, -0.05) is 18.2 Å². The van der Waals surface area contributed by atoms with Gasteiger partial charge in [-0.15, -0.1) is 0 Å². The van der Waals surface area contributed by atoms with E-state index in [9.17, 15) is 17.6 Å². The third-order valence-electron chi connectivity index (χ3n) is 3.95. The Kier molecular flexibility index (Phi) is 3.47. The normalized spacial score (nSPS) is 14.9. The molecule has 0 N–H and O–H groups in total. The SMILES string of the molecule is Fc1cc2c(c(-c3ccccc3C(F)(F)F)c1)CCCC2. The van der Waals surface area contributed by atoms with E-state index in [4.69, 9.17) is 0 Å². The molecule has 0 nitrogen and oxygen atoms in total. The van der Waals surface area contributed by atoms with Crippen LogP contribution in [0.3, 0.4) is 0 Å². The van der Waals surface area contributed by atoms with Gasteiger partial charge in [-0.2, -0.15) is 13.2 Å². The van der Waals surface area contributed by atoms with E-state index in [0.717, 1.165) is 36.5 Å². The van der Waals surface area contributed by atoms with Gasteiger partial charge in [-0.3, -0.25) is 0 Å². The third kappa shape index (κ3) is 2.67. The Morgan fingerprint density at radius 2 is 1.57 bits per heavy atom. The minimum absolute atomic E-state index is 0.0719. The van der Waals surface area contributed by atoms with Gasteiger partial charge in [-0.25, -0.2) is 4.39 Å². The van der Waals surface area contributed by atoms with Crippen molar-refractivity contribution in [2.24, 2.45) is 0 Å². The largest absolute Gasteiger partial charge is 0.417 e. The maximum Gasteiger partial charge on any atom is 0.417 e. The standard InChI is InChI=1S/C17H14F4/c18-12-9-11-5-1-2-6-13(11)15(10-12)14-7-3-4-8-16(14)17(19,20)21/h3-4,7-10H,1-2,5-6H2. The topological polar surface area (TPSA) is 0 Å². The molecule has 0 unspecified atom stereocenters. The predicted octanol–water partition coefficient (Wildman–Crippen LogP) is 5.39. The minimum Gasteiger partial charge on any atom is -0.207 e. The van der Waals surface area contributed by atoms with E-state index in [2.05, 4.69) is 0 Å². The summed E-state index contributed by atoms with van der Waals surface area (Å²) in [7, 11) is 0. The van der Waals surface area contributed by atoms with Crippen molar-refractivity contribution in [1.82, 2.24) is 0 Å². The van der Waals surface area contributed by atoms with E-state index < -0.39 is 17.6 Å². The number of rotatable bonds is 1. The van der Waals surface area contributed by atoms with Crippen molar-refractivity contribution in [3.63, 3.8) is 0 Å². The molecule has 0 radical (unpaired) electrons. The first-order chi connectivity index (χ1) is 9.97. The maximum atomic E-state index is 13.8. The molecule has 0 atom stereocenters. The zero-order valence-corrected chi connectivity index (χ0v) is 11.3. The summed E-state index contributed by atoms with van der Waals surface area (Å²) < 4.78 is 53.3. The summed E-state index contributed by atoms with van der Waals surface area (Å²) in [5.41, 5.74) is 1.45. The molecule has 0 aliphatic heterocycles. The van der Waals surface area contributed by atoms with Crippen LogP contribution >= 0.6 is 0 Å². The highest BCUT2D eigenvalue weighted by molar-refractivity contribution is 5.73. The number of aryl methyl sites for hydroxylation is 1. The molecular weight excluding hydrogens is 280 g/mol. The van der Waals surface area contributed by atoms with Crippen molar-refractivity contribution >= 4 is 0 Å². The van der Waals surface area contributed by atoms with Crippen LogP contribution in [0.5, 0.6) is 0 Å². The molecule has 0 aromatic heterocycles. The highest BCUT2D eigenvalue weighted by atomic mass is 19.4. The molecule has 0 saturated heterocycles. The number of hydrogen-bond acceptors (Lipinski definition) is 0. The Bertz CT molecular complexity index is 671. The Labute approximate surface area is 120 Å². The molecule has 1 aliphatic carbocycles. The van der Waals surface area contributed by atoms with Crippen LogP contribution in [0.2, 0.25) is 0 Å². The number of hydrogen-bond donors (Lipinski definition) is 0. The van der Waals surface area contributed by atoms with E-state index >= 15 is 0 Å². The van der Waals surface area contributed by atoms with Crippen LogP contribution in [-0.2, 0) is 19.0 Å². The molecule has 2 aromatic rings. The van der Waals surface area contributed by atoms with Gasteiger partial charge < -0.3 is 0 Å². The zero-order valence-electron chi connectivity index (χ0n) is 11.3. The van der Waals surface area contributed by atoms with Crippen LogP contribution in [0, 0.1) is 5.82 Å². The minimum atomic E-state index is -4.44. The molecule has 4 heteroatoms. The quantitative estimate of drug-likeness (QED) is 0.618. The second kappa shape index (κ2) is 5.17. The van der Waals surface area contributed by atoms with E-state index in [0.29, 0.717) is 12.0 Å². The van der Waals surface area contributed by atoms with Gasteiger partial charge >= 0.3 is 6.18 Å². The summed E-state index contributed by atoms with van der Waals surface area (Å²) >= 11 is 0. The molecule has 0 heterocycles. The average molecular weight is 294 g/mol. The fraction of sp³-hybridized carbons (Fsp3) is 0.294. The molecule has 21 heavy (non-hydrogen) atoms. The summed E-state index contributed by atoms with van der Waals surface area (Å²) in [5, 5.41) is 0. The zero-order chi connectivity index (χ0) is 15.0. The highest BCUT2D eigenvalue weighted by Gasteiger charge is 2.34. The van der Waals surface area contributed by atoms with Gasteiger partial charge in [0, 0.05) is 0 Å². The number of fused-ring (bicyclic) bond motifs is 1. The van der Waals surface area contributed by atoms with Crippen molar-refractivity contribution in [3.05, 3.63) is 58.9 Å². The Morgan fingerprint density at radius 1 is 0.857 bits per heavy atom. The van der Waals surface area contributed by atoms with E-state index in [1.807, 2.05) is 0 Å². The molecule has 2 aromatic carbocycles. The van der Waals surface area contributed by atoms with Gasteiger partial charge in [-0.05, 0) is 66.1 Å². The van der Waals surface area contributed by atoms with Crippen LogP contribution in [0.25, 0.3) is 11.1 Å². The first-order valence-corrected chi connectivity index (χ1v) is 6.95. The lowest BCUT2D eigenvalue weighted by Crippen LogP contribution is -2.10. The average Bonchev–Trinajstić information content (AvgIpc) is 2.45. The molecule has 110 valence electrons. The molecular formula is C17H14F4. The predicted molar refractivity (Wildman–Crippen MR) is 73.5 cm³/mol. The molecule has 0 saturated carbocycles. The van der Waals surface area contributed by atoms with Gasteiger partial charge in [0.1, 0.15) is 5.82 Å². The Balaban J connectivity index is 2.24. The lowest BCUT2D eigenvalue weighted by Gasteiger charge is -2.22. The lowest BCUT2D eigenvalue weighted by molar-refractivity contribution is -0.137. The van der Waals surface area contributed by atoms with Gasteiger partial charge in [0.15, 0.2) is 0 Å². The summed E-state index contributed by atoms with van der Waals surface area (Å²) in [5.74, 6) is -0.470. The van der Waals surface area contributed by atoms with E-state index in [1.165, 1.54) is 24.3 Å². The molecule has 1 aliphatic rings. The smallest absolute Gasteiger partial charge is 0.207 e. The monoisotopic (exact) mass is 294 g/mol. The van der Waals surface area contributed by atoms with E-state index in [-0.39, 0.29) is 5.56 Å². The van der Waals surface area contributed by atoms with Gasteiger partial charge in [0.05, 0.1) is 5.56 Å². The van der Waals surface area contributed by atoms with Crippen LogP contribution in [0.15, 0.2) is 36.4 Å². The van der Waals surface area contributed by atoms with Crippen LogP contribution in [-0.4, -0.2) is 0 Å². The van der Waals surface area contributed by atoms with Crippen molar-refractivity contribution in [2.45, 2.75) is 31.9 Å². The molecule has 0 fully saturated rings. The fourth-order valence-electron chi connectivity index (χ4n) is 3.03.